The van der Waals surface area contributed by atoms with Gasteiger partial charge < -0.3 is 10.5 Å². The maximum atomic E-state index is 5.90. The third kappa shape index (κ3) is 4.21. The zero-order valence-electron chi connectivity index (χ0n) is 11.5. The van der Waals surface area contributed by atoms with E-state index in [1.165, 1.54) is 0 Å². The molecule has 0 aliphatic heterocycles. The van der Waals surface area contributed by atoms with E-state index in [0.717, 1.165) is 30.8 Å². The van der Waals surface area contributed by atoms with Gasteiger partial charge in [0.15, 0.2) is 0 Å². The minimum absolute atomic E-state index is 0.0333. The second-order valence-electron chi connectivity index (χ2n) is 4.58. The standard InChI is InChI=1S/C14H19ClN4O/c1-2-13(16)14-10-19(18-17-14)8-3-9-20-12-6-4-11(15)5-7-12/h4-7,10,13H,2-3,8-9,16H2,1H3. The first-order valence-corrected chi connectivity index (χ1v) is 7.11. The Balaban J connectivity index is 1.73. The Morgan fingerprint density at radius 3 is 2.80 bits per heavy atom. The molecule has 1 heterocycles. The van der Waals surface area contributed by atoms with E-state index in [2.05, 4.69) is 10.3 Å². The van der Waals surface area contributed by atoms with Gasteiger partial charge in [-0.25, -0.2) is 0 Å². The van der Waals surface area contributed by atoms with Gasteiger partial charge in [-0.05, 0) is 30.7 Å². The molecule has 2 N–H and O–H groups in total. The number of nitrogens with two attached hydrogens (primary N) is 1. The van der Waals surface area contributed by atoms with Crippen LogP contribution in [0.3, 0.4) is 0 Å². The smallest absolute Gasteiger partial charge is 0.119 e. The van der Waals surface area contributed by atoms with Crippen LogP contribution in [0.25, 0.3) is 0 Å². The summed E-state index contributed by atoms with van der Waals surface area (Å²) in [5, 5.41) is 8.83. The molecule has 2 aromatic rings. The number of benzene rings is 1. The Bertz CT molecular complexity index is 526. The van der Waals surface area contributed by atoms with Gasteiger partial charge >= 0.3 is 0 Å². The molecular formula is C14H19ClN4O. The van der Waals surface area contributed by atoms with Crippen LogP contribution in [-0.2, 0) is 6.54 Å². The number of nitrogens with zero attached hydrogens (tertiary/aromatic N) is 3. The van der Waals surface area contributed by atoms with Crippen LogP contribution in [-0.4, -0.2) is 21.6 Å². The van der Waals surface area contributed by atoms with Crippen molar-refractivity contribution in [1.82, 2.24) is 15.0 Å². The van der Waals surface area contributed by atoms with Crippen LogP contribution in [0.2, 0.25) is 5.02 Å². The molecule has 0 saturated carbocycles. The first-order valence-electron chi connectivity index (χ1n) is 6.73. The maximum absolute atomic E-state index is 5.90. The number of hydrogen-bond acceptors (Lipinski definition) is 4. The fourth-order valence-electron chi connectivity index (χ4n) is 1.75. The highest BCUT2D eigenvalue weighted by Gasteiger charge is 2.07. The summed E-state index contributed by atoms with van der Waals surface area (Å²) in [5.41, 5.74) is 6.74. The van der Waals surface area contributed by atoms with Gasteiger partial charge in [-0.3, -0.25) is 4.68 Å². The van der Waals surface area contributed by atoms with Crippen LogP contribution in [0.1, 0.15) is 31.5 Å². The molecule has 1 unspecified atom stereocenters. The fourth-order valence-corrected chi connectivity index (χ4v) is 1.88. The molecular weight excluding hydrogens is 276 g/mol. The Morgan fingerprint density at radius 1 is 1.35 bits per heavy atom. The molecule has 0 aliphatic carbocycles. The summed E-state index contributed by atoms with van der Waals surface area (Å²) in [4.78, 5) is 0. The molecule has 0 radical (unpaired) electrons. The van der Waals surface area contributed by atoms with E-state index < -0.39 is 0 Å². The molecule has 0 fully saturated rings. The zero-order valence-corrected chi connectivity index (χ0v) is 12.3. The quantitative estimate of drug-likeness (QED) is 0.798. The molecule has 6 heteroatoms. The lowest BCUT2D eigenvalue weighted by Gasteiger charge is -2.06. The van der Waals surface area contributed by atoms with E-state index in [1.54, 1.807) is 4.68 Å². The molecule has 1 atom stereocenters. The van der Waals surface area contributed by atoms with E-state index in [1.807, 2.05) is 37.4 Å². The topological polar surface area (TPSA) is 66.0 Å². The summed E-state index contributed by atoms with van der Waals surface area (Å²) in [5.74, 6) is 0.821. The van der Waals surface area contributed by atoms with Gasteiger partial charge in [0.25, 0.3) is 0 Å². The van der Waals surface area contributed by atoms with Crippen molar-refractivity contribution in [1.29, 1.82) is 0 Å². The number of halogens is 1. The van der Waals surface area contributed by atoms with Crippen LogP contribution < -0.4 is 10.5 Å². The van der Waals surface area contributed by atoms with Crippen molar-refractivity contribution < 1.29 is 4.74 Å². The molecule has 1 aromatic heterocycles. The van der Waals surface area contributed by atoms with Gasteiger partial charge in [-0.2, -0.15) is 0 Å². The normalized spacial score (nSPS) is 12.3. The predicted molar refractivity (Wildman–Crippen MR) is 78.8 cm³/mol. The average Bonchev–Trinajstić information content (AvgIpc) is 2.93. The summed E-state index contributed by atoms with van der Waals surface area (Å²) in [6, 6.07) is 7.31. The van der Waals surface area contributed by atoms with Crippen LogP contribution in [0.15, 0.2) is 30.5 Å². The highest BCUT2D eigenvalue weighted by molar-refractivity contribution is 6.30. The van der Waals surface area contributed by atoms with Crippen molar-refractivity contribution in [2.45, 2.75) is 32.4 Å². The largest absolute Gasteiger partial charge is 0.494 e. The van der Waals surface area contributed by atoms with Crippen LogP contribution in [0, 0.1) is 0 Å². The summed E-state index contributed by atoms with van der Waals surface area (Å²) in [6.07, 6.45) is 3.61. The first kappa shape index (κ1) is 14.8. The molecule has 2 rings (SSSR count). The molecule has 108 valence electrons. The summed E-state index contributed by atoms with van der Waals surface area (Å²) in [7, 11) is 0. The molecule has 0 aliphatic rings. The summed E-state index contributed by atoms with van der Waals surface area (Å²) in [6.45, 7) is 3.41. The van der Waals surface area contributed by atoms with Crippen molar-refractivity contribution in [2.75, 3.05) is 6.61 Å². The Hall–Kier alpha value is -1.59. The zero-order chi connectivity index (χ0) is 14.4. The number of hydrogen-bond donors (Lipinski definition) is 1. The number of ether oxygens (including phenoxy) is 1. The van der Waals surface area contributed by atoms with E-state index in [0.29, 0.717) is 11.6 Å². The van der Waals surface area contributed by atoms with Gasteiger partial charge in [0, 0.05) is 18.0 Å². The predicted octanol–water partition coefficient (Wildman–Crippen LogP) is 2.81. The molecule has 0 spiro atoms. The van der Waals surface area contributed by atoms with Crippen molar-refractivity contribution in [2.24, 2.45) is 5.73 Å². The summed E-state index contributed by atoms with van der Waals surface area (Å²) >= 11 is 5.81. The monoisotopic (exact) mass is 294 g/mol. The lowest BCUT2D eigenvalue weighted by Crippen LogP contribution is -2.09. The van der Waals surface area contributed by atoms with E-state index in [-0.39, 0.29) is 6.04 Å². The molecule has 20 heavy (non-hydrogen) atoms. The molecule has 5 nitrogen and oxygen atoms in total. The van der Waals surface area contributed by atoms with Crippen molar-refractivity contribution in [3.05, 3.63) is 41.2 Å². The molecule has 1 aromatic carbocycles. The molecule has 0 saturated heterocycles. The van der Waals surface area contributed by atoms with Crippen LogP contribution in [0.4, 0.5) is 0 Å². The molecule has 0 bridgehead atoms. The maximum Gasteiger partial charge on any atom is 0.119 e. The minimum Gasteiger partial charge on any atom is -0.494 e. The van der Waals surface area contributed by atoms with Crippen molar-refractivity contribution >= 4 is 11.6 Å². The summed E-state index contributed by atoms with van der Waals surface area (Å²) < 4.78 is 7.41. The van der Waals surface area contributed by atoms with Gasteiger partial charge in [-0.1, -0.05) is 23.7 Å². The van der Waals surface area contributed by atoms with Gasteiger partial charge in [0.1, 0.15) is 5.75 Å². The first-order chi connectivity index (χ1) is 9.69. The Kier molecular flexibility index (Phi) is 5.38. The third-order valence-corrected chi connectivity index (χ3v) is 3.24. The average molecular weight is 295 g/mol. The van der Waals surface area contributed by atoms with Crippen molar-refractivity contribution in [3.8, 4) is 5.75 Å². The second-order valence-corrected chi connectivity index (χ2v) is 5.01. The van der Waals surface area contributed by atoms with E-state index >= 15 is 0 Å². The van der Waals surface area contributed by atoms with Crippen LogP contribution >= 0.6 is 11.6 Å². The minimum atomic E-state index is -0.0333. The SMILES string of the molecule is CCC(N)c1cn(CCCOc2ccc(Cl)cc2)nn1. The number of aryl methyl sites for hydroxylation is 1. The fraction of sp³-hybridized carbons (Fsp3) is 0.429. The van der Waals surface area contributed by atoms with E-state index in [9.17, 15) is 0 Å². The van der Waals surface area contributed by atoms with E-state index in [4.69, 9.17) is 22.1 Å². The third-order valence-electron chi connectivity index (χ3n) is 2.99. The second kappa shape index (κ2) is 7.26. The highest BCUT2D eigenvalue weighted by Crippen LogP contribution is 2.15. The number of aromatic nitrogens is 3. The Morgan fingerprint density at radius 2 is 2.10 bits per heavy atom. The Labute approximate surface area is 123 Å². The van der Waals surface area contributed by atoms with Gasteiger partial charge in [0.2, 0.25) is 0 Å². The van der Waals surface area contributed by atoms with Crippen LogP contribution in [0.5, 0.6) is 5.75 Å². The molecule has 0 amide bonds. The lowest BCUT2D eigenvalue weighted by atomic mass is 10.2. The van der Waals surface area contributed by atoms with Gasteiger partial charge in [-0.15, -0.1) is 5.10 Å². The van der Waals surface area contributed by atoms with Crippen molar-refractivity contribution in [3.63, 3.8) is 0 Å². The number of rotatable bonds is 7. The highest BCUT2D eigenvalue weighted by atomic mass is 35.5. The lowest BCUT2D eigenvalue weighted by molar-refractivity contribution is 0.298. The van der Waals surface area contributed by atoms with Gasteiger partial charge in [0.05, 0.1) is 24.5 Å².